The Hall–Kier alpha value is -2.24. The summed E-state index contributed by atoms with van der Waals surface area (Å²) in [7, 11) is 1.69. The maximum absolute atomic E-state index is 12.3. The number of hydrogen-bond donors (Lipinski definition) is 1. The minimum absolute atomic E-state index is 0.218. The Bertz CT molecular complexity index is 657. The van der Waals surface area contributed by atoms with Gasteiger partial charge >= 0.3 is 12.2 Å². The van der Waals surface area contributed by atoms with Gasteiger partial charge in [-0.05, 0) is 72.6 Å². The molecule has 1 aromatic carbocycles. The Morgan fingerprint density at radius 2 is 1.58 bits per heavy atom. The molecule has 0 spiro atoms. The molecule has 0 fully saturated rings. The standard InChI is InChI=1S/C20H32N2O4/c1-13-10-11-15(12-16(13)21-17(23)25-19(3,4)5)14(2)22(9)18(24)26-20(6,7)8/h10-12,14H,1-9H3,(H,21,23). The van der Waals surface area contributed by atoms with Crippen molar-refractivity contribution >= 4 is 17.9 Å². The van der Waals surface area contributed by atoms with E-state index >= 15 is 0 Å². The molecule has 0 aliphatic carbocycles. The zero-order valence-electron chi connectivity index (χ0n) is 17.4. The van der Waals surface area contributed by atoms with Crippen LogP contribution in [0, 0.1) is 6.92 Å². The van der Waals surface area contributed by atoms with E-state index < -0.39 is 23.4 Å². The Balaban J connectivity index is 2.94. The van der Waals surface area contributed by atoms with E-state index in [1.165, 1.54) is 4.90 Å². The fourth-order valence-corrected chi connectivity index (χ4v) is 2.16. The number of benzene rings is 1. The molecule has 1 unspecified atom stereocenters. The molecule has 1 N–H and O–H groups in total. The zero-order valence-corrected chi connectivity index (χ0v) is 17.4. The number of rotatable bonds is 3. The molecule has 1 atom stereocenters. The van der Waals surface area contributed by atoms with Crippen LogP contribution < -0.4 is 5.32 Å². The van der Waals surface area contributed by atoms with Gasteiger partial charge in [0.2, 0.25) is 0 Å². The number of anilines is 1. The number of carbonyl (C=O) groups excluding carboxylic acids is 2. The van der Waals surface area contributed by atoms with Crippen LogP contribution in [0.5, 0.6) is 0 Å². The lowest BCUT2D eigenvalue weighted by Gasteiger charge is -2.29. The van der Waals surface area contributed by atoms with Gasteiger partial charge in [-0.1, -0.05) is 12.1 Å². The van der Waals surface area contributed by atoms with Gasteiger partial charge in [-0.25, -0.2) is 9.59 Å². The van der Waals surface area contributed by atoms with Crippen LogP contribution >= 0.6 is 0 Å². The number of aryl methyl sites for hydroxylation is 1. The predicted molar refractivity (Wildman–Crippen MR) is 103 cm³/mol. The molecule has 0 aromatic heterocycles. The molecule has 6 nitrogen and oxygen atoms in total. The van der Waals surface area contributed by atoms with E-state index in [1.54, 1.807) is 7.05 Å². The van der Waals surface area contributed by atoms with Crippen molar-refractivity contribution in [3.8, 4) is 0 Å². The maximum Gasteiger partial charge on any atom is 0.412 e. The molecule has 1 rings (SSSR count). The van der Waals surface area contributed by atoms with Gasteiger partial charge in [-0.3, -0.25) is 5.32 Å². The van der Waals surface area contributed by atoms with Crippen molar-refractivity contribution in [3.63, 3.8) is 0 Å². The molecule has 0 bridgehead atoms. The number of nitrogens with one attached hydrogen (secondary N) is 1. The average Bonchev–Trinajstić information content (AvgIpc) is 2.44. The Kier molecular flexibility index (Phi) is 6.69. The third kappa shape index (κ3) is 6.94. The second kappa shape index (κ2) is 7.98. The van der Waals surface area contributed by atoms with Crippen LogP contribution in [-0.4, -0.2) is 35.3 Å². The highest BCUT2D eigenvalue weighted by Crippen LogP contribution is 2.26. The second-order valence-electron chi connectivity index (χ2n) is 8.47. The second-order valence-corrected chi connectivity index (χ2v) is 8.47. The highest BCUT2D eigenvalue weighted by Gasteiger charge is 2.24. The molecule has 0 heterocycles. The molecule has 0 aliphatic rings. The fraction of sp³-hybridized carbons (Fsp3) is 0.600. The van der Waals surface area contributed by atoms with Crippen molar-refractivity contribution in [2.45, 2.75) is 72.6 Å². The third-order valence-corrected chi connectivity index (χ3v) is 3.64. The van der Waals surface area contributed by atoms with Crippen molar-refractivity contribution < 1.29 is 19.1 Å². The molecular formula is C20H32N2O4. The van der Waals surface area contributed by atoms with Gasteiger partial charge < -0.3 is 14.4 Å². The van der Waals surface area contributed by atoms with Gasteiger partial charge in [0.05, 0.1) is 6.04 Å². The number of nitrogens with zero attached hydrogens (tertiary/aromatic N) is 1. The summed E-state index contributed by atoms with van der Waals surface area (Å²) < 4.78 is 10.7. The topological polar surface area (TPSA) is 67.9 Å². The minimum Gasteiger partial charge on any atom is -0.444 e. The summed E-state index contributed by atoms with van der Waals surface area (Å²) in [5.74, 6) is 0. The summed E-state index contributed by atoms with van der Waals surface area (Å²) in [5.41, 5.74) is 1.32. The summed E-state index contributed by atoms with van der Waals surface area (Å²) in [6.07, 6.45) is -0.905. The number of ether oxygens (including phenoxy) is 2. The molecular weight excluding hydrogens is 332 g/mol. The molecule has 1 aromatic rings. The minimum atomic E-state index is -0.570. The van der Waals surface area contributed by atoms with Gasteiger partial charge in [-0.15, -0.1) is 0 Å². The van der Waals surface area contributed by atoms with Gasteiger partial charge in [0, 0.05) is 12.7 Å². The number of amides is 2. The van der Waals surface area contributed by atoms with Crippen LogP contribution in [0.3, 0.4) is 0 Å². The summed E-state index contributed by atoms with van der Waals surface area (Å²) in [6, 6.07) is 5.47. The molecule has 0 saturated carbocycles. The summed E-state index contributed by atoms with van der Waals surface area (Å²) in [5, 5.41) is 2.77. The lowest BCUT2D eigenvalue weighted by atomic mass is 10.0. The monoisotopic (exact) mass is 364 g/mol. The van der Waals surface area contributed by atoms with E-state index in [2.05, 4.69) is 5.32 Å². The average molecular weight is 364 g/mol. The van der Waals surface area contributed by atoms with Crippen molar-refractivity contribution in [1.82, 2.24) is 4.90 Å². The summed E-state index contributed by atoms with van der Waals surface area (Å²) >= 11 is 0. The van der Waals surface area contributed by atoms with Crippen LogP contribution in [0.25, 0.3) is 0 Å². The van der Waals surface area contributed by atoms with Crippen LogP contribution in [0.1, 0.15) is 65.6 Å². The molecule has 0 radical (unpaired) electrons. The SMILES string of the molecule is Cc1ccc(C(C)N(C)C(=O)OC(C)(C)C)cc1NC(=O)OC(C)(C)C. The van der Waals surface area contributed by atoms with Crippen LogP contribution in [0.15, 0.2) is 18.2 Å². The number of hydrogen-bond acceptors (Lipinski definition) is 4. The molecule has 6 heteroatoms. The van der Waals surface area contributed by atoms with Crippen LogP contribution in [-0.2, 0) is 9.47 Å². The van der Waals surface area contributed by atoms with Gasteiger partial charge in [0.1, 0.15) is 11.2 Å². The molecule has 26 heavy (non-hydrogen) atoms. The maximum atomic E-state index is 12.3. The van der Waals surface area contributed by atoms with Crippen LogP contribution in [0.2, 0.25) is 0 Å². The molecule has 0 saturated heterocycles. The highest BCUT2D eigenvalue weighted by molar-refractivity contribution is 5.86. The first kappa shape index (κ1) is 21.8. The van der Waals surface area contributed by atoms with Crippen molar-refractivity contribution in [1.29, 1.82) is 0 Å². The van der Waals surface area contributed by atoms with Gasteiger partial charge in [-0.2, -0.15) is 0 Å². The number of carbonyl (C=O) groups is 2. The van der Waals surface area contributed by atoms with E-state index in [4.69, 9.17) is 9.47 Å². The van der Waals surface area contributed by atoms with E-state index in [1.807, 2.05) is 73.6 Å². The Morgan fingerprint density at radius 1 is 1.04 bits per heavy atom. The first-order valence-electron chi connectivity index (χ1n) is 8.76. The third-order valence-electron chi connectivity index (χ3n) is 3.64. The Morgan fingerprint density at radius 3 is 2.08 bits per heavy atom. The highest BCUT2D eigenvalue weighted by atomic mass is 16.6. The Labute approximate surface area is 156 Å². The van der Waals surface area contributed by atoms with E-state index in [0.29, 0.717) is 5.69 Å². The van der Waals surface area contributed by atoms with E-state index in [0.717, 1.165) is 11.1 Å². The molecule has 0 aliphatic heterocycles. The van der Waals surface area contributed by atoms with E-state index in [9.17, 15) is 9.59 Å². The van der Waals surface area contributed by atoms with Crippen molar-refractivity contribution in [2.24, 2.45) is 0 Å². The van der Waals surface area contributed by atoms with Crippen molar-refractivity contribution in [2.75, 3.05) is 12.4 Å². The molecule has 146 valence electrons. The van der Waals surface area contributed by atoms with Gasteiger partial charge in [0.15, 0.2) is 0 Å². The van der Waals surface area contributed by atoms with Gasteiger partial charge in [0.25, 0.3) is 0 Å². The lowest BCUT2D eigenvalue weighted by Crippen LogP contribution is -2.35. The quantitative estimate of drug-likeness (QED) is 0.793. The predicted octanol–water partition coefficient (Wildman–Crippen LogP) is 5.27. The summed E-state index contributed by atoms with van der Waals surface area (Å²) in [6.45, 7) is 14.7. The van der Waals surface area contributed by atoms with Crippen molar-refractivity contribution in [3.05, 3.63) is 29.3 Å². The zero-order chi connectivity index (χ0) is 20.3. The fourth-order valence-electron chi connectivity index (χ4n) is 2.16. The first-order valence-corrected chi connectivity index (χ1v) is 8.76. The van der Waals surface area contributed by atoms with Crippen LogP contribution in [0.4, 0.5) is 15.3 Å². The first-order chi connectivity index (χ1) is 11.7. The normalized spacial score (nSPS) is 13.0. The van der Waals surface area contributed by atoms with E-state index in [-0.39, 0.29) is 6.04 Å². The summed E-state index contributed by atoms with van der Waals surface area (Å²) in [4.78, 5) is 25.9. The molecule has 2 amide bonds. The lowest BCUT2D eigenvalue weighted by molar-refractivity contribution is 0.0233. The smallest absolute Gasteiger partial charge is 0.412 e. The largest absolute Gasteiger partial charge is 0.444 e.